The molecule has 3 aromatic rings. The Morgan fingerprint density at radius 2 is 2.08 bits per heavy atom. The quantitative estimate of drug-likeness (QED) is 0.740. The number of hydrogen-bond donors (Lipinski definition) is 1. The highest BCUT2D eigenvalue weighted by atomic mass is 32.1. The topological polar surface area (TPSA) is 72.8 Å². The van der Waals surface area contributed by atoms with Crippen molar-refractivity contribution in [3.63, 3.8) is 0 Å². The molecule has 0 saturated carbocycles. The molecule has 0 aliphatic heterocycles. The van der Waals surface area contributed by atoms with Crippen molar-refractivity contribution >= 4 is 17.3 Å². The summed E-state index contributed by atoms with van der Waals surface area (Å²) < 4.78 is 5.15. The average molecular weight is 341 g/mol. The van der Waals surface area contributed by atoms with Gasteiger partial charge in [0.2, 0.25) is 5.95 Å². The molecule has 0 fully saturated rings. The summed E-state index contributed by atoms with van der Waals surface area (Å²) in [6.07, 6.45) is 6.85. The zero-order valence-corrected chi connectivity index (χ0v) is 14.7. The van der Waals surface area contributed by atoms with Crippen LogP contribution in [0.25, 0.3) is 21.8 Å². The fraction of sp³-hybridized carbons (Fsp3) is 0.294. The van der Waals surface area contributed by atoms with Gasteiger partial charge >= 0.3 is 0 Å². The zero-order valence-electron chi connectivity index (χ0n) is 13.9. The molecule has 0 aliphatic rings. The third-order valence-corrected chi connectivity index (χ3v) is 4.40. The summed E-state index contributed by atoms with van der Waals surface area (Å²) in [5, 5.41) is 3.26. The monoisotopic (exact) mass is 341 g/mol. The first-order valence-corrected chi connectivity index (χ1v) is 8.44. The fourth-order valence-electron chi connectivity index (χ4n) is 2.34. The normalized spacial score (nSPS) is 12.1. The van der Waals surface area contributed by atoms with Gasteiger partial charge in [-0.2, -0.15) is 0 Å². The smallest absolute Gasteiger partial charge is 0.223 e. The van der Waals surface area contributed by atoms with Crippen LogP contribution < -0.4 is 5.32 Å². The summed E-state index contributed by atoms with van der Waals surface area (Å²) in [4.78, 5) is 20.0. The van der Waals surface area contributed by atoms with E-state index in [1.165, 1.54) is 4.88 Å². The van der Waals surface area contributed by atoms with Crippen LogP contribution >= 0.6 is 11.3 Å². The molecular weight excluding hydrogens is 322 g/mol. The number of nitrogens with zero attached hydrogens (tertiary/aromatic N) is 4. The SMILES string of the molecule is COC[C@H](C)Nc1ncc(-c2cnccn2)c(-c2ccc(C)s2)n1. The van der Waals surface area contributed by atoms with Gasteiger partial charge in [-0.05, 0) is 26.0 Å². The van der Waals surface area contributed by atoms with Gasteiger partial charge in [-0.15, -0.1) is 11.3 Å². The summed E-state index contributed by atoms with van der Waals surface area (Å²) in [5.41, 5.74) is 2.49. The first-order valence-electron chi connectivity index (χ1n) is 7.63. The Labute approximate surface area is 145 Å². The van der Waals surface area contributed by atoms with Crippen molar-refractivity contribution in [3.05, 3.63) is 41.8 Å². The Kier molecular flexibility index (Phi) is 5.12. The van der Waals surface area contributed by atoms with Crippen molar-refractivity contribution in [2.45, 2.75) is 19.9 Å². The lowest BCUT2D eigenvalue weighted by atomic mass is 10.1. The van der Waals surface area contributed by atoms with Crippen LogP contribution in [0.3, 0.4) is 0 Å². The number of nitrogens with one attached hydrogen (secondary N) is 1. The largest absolute Gasteiger partial charge is 0.383 e. The van der Waals surface area contributed by atoms with Crippen molar-refractivity contribution in [3.8, 4) is 21.8 Å². The summed E-state index contributed by atoms with van der Waals surface area (Å²) in [6.45, 7) is 4.69. The molecule has 0 saturated heterocycles. The maximum atomic E-state index is 5.15. The molecule has 24 heavy (non-hydrogen) atoms. The van der Waals surface area contributed by atoms with Gasteiger partial charge in [-0.25, -0.2) is 9.97 Å². The van der Waals surface area contributed by atoms with Crippen molar-refractivity contribution in [1.82, 2.24) is 19.9 Å². The summed E-state index contributed by atoms with van der Waals surface area (Å²) >= 11 is 1.70. The molecule has 0 aliphatic carbocycles. The fourth-order valence-corrected chi connectivity index (χ4v) is 3.21. The molecule has 124 valence electrons. The third-order valence-electron chi connectivity index (χ3n) is 3.39. The van der Waals surface area contributed by atoms with Crippen molar-refractivity contribution < 1.29 is 4.74 Å². The maximum Gasteiger partial charge on any atom is 0.223 e. The molecule has 0 aromatic carbocycles. The van der Waals surface area contributed by atoms with Crippen LogP contribution in [-0.4, -0.2) is 39.7 Å². The van der Waals surface area contributed by atoms with Crippen LogP contribution in [0.15, 0.2) is 36.9 Å². The molecular formula is C17H19N5OS. The summed E-state index contributed by atoms with van der Waals surface area (Å²) in [6, 6.07) is 4.28. The molecule has 1 N–H and O–H groups in total. The summed E-state index contributed by atoms with van der Waals surface area (Å²) in [5.74, 6) is 0.577. The van der Waals surface area contributed by atoms with E-state index >= 15 is 0 Å². The highest BCUT2D eigenvalue weighted by Crippen LogP contribution is 2.33. The van der Waals surface area contributed by atoms with Gasteiger partial charge < -0.3 is 10.1 Å². The number of aromatic nitrogens is 4. The molecule has 3 heterocycles. The number of thiophene rings is 1. The highest BCUT2D eigenvalue weighted by molar-refractivity contribution is 7.15. The lowest BCUT2D eigenvalue weighted by Crippen LogP contribution is -2.22. The van der Waals surface area contributed by atoms with E-state index in [9.17, 15) is 0 Å². The Hall–Kier alpha value is -2.38. The number of methoxy groups -OCH3 is 1. The molecule has 0 bridgehead atoms. The highest BCUT2D eigenvalue weighted by Gasteiger charge is 2.15. The average Bonchev–Trinajstić information content (AvgIpc) is 3.02. The molecule has 3 aromatic heterocycles. The van der Waals surface area contributed by atoms with E-state index in [1.54, 1.807) is 43.2 Å². The second kappa shape index (κ2) is 7.46. The van der Waals surface area contributed by atoms with Crippen LogP contribution in [0, 0.1) is 6.92 Å². The Balaban J connectivity index is 2.03. The number of aryl methyl sites for hydroxylation is 1. The Morgan fingerprint density at radius 3 is 2.75 bits per heavy atom. The Morgan fingerprint density at radius 1 is 1.21 bits per heavy atom. The van der Waals surface area contributed by atoms with E-state index in [1.807, 2.05) is 6.92 Å². The molecule has 0 spiro atoms. The molecule has 0 amide bonds. The molecule has 0 radical (unpaired) electrons. The lowest BCUT2D eigenvalue weighted by molar-refractivity contribution is 0.190. The molecule has 0 unspecified atom stereocenters. The second-order valence-electron chi connectivity index (χ2n) is 5.46. The van der Waals surface area contributed by atoms with Crippen molar-refractivity contribution in [2.75, 3.05) is 19.0 Å². The predicted octanol–water partition coefficient (Wildman–Crippen LogP) is 3.42. The molecule has 6 nitrogen and oxygen atoms in total. The van der Waals surface area contributed by atoms with Crippen LogP contribution in [0.2, 0.25) is 0 Å². The van der Waals surface area contributed by atoms with E-state index in [4.69, 9.17) is 9.72 Å². The molecule has 7 heteroatoms. The van der Waals surface area contributed by atoms with Crippen molar-refractivity contribution in [2.24, 2.45) is 0 Å². The second-order valence-corrected chi connectivity index (χ2v) is 6.75. The van der Waals surface area contributed by atoms with E-state index in [0.717, 1.165) is 21.8 Å². The first kappa shape index (κ1) is 16.5. The summed E-state index contributed by atoms with van der Waals surface area (Å²) in [7, 11) is 1.68. The van der Waals surface area contributed by atoms with Crippen molar-refractivity contribution in [1.29, 1.82) is 0 Å². The van der Waals surface area contributed by atoms with Gasteiger partial charge in [-0.1, -0.05) is 0 Å². The van der Waals surface area contributed by atoms with Gasteiger partial charge in [0.1, 0.15) is 0 Å². The Bertz CT molecular complexity index is 806. The number of ether oxygens (including phenoxy) is 1. The van der Waals surface area contributed by atoms with Crippen LogP contribution in [-0.2, 0) is 4.74 Å². The number of anilines is 1. The van der Waals surface area contributed by atoms with E-state index < -0.39 is 0 Å². The minimum atomic E-state index is 0.121. The maximum absolute atomic E-state index is 5.15. The first-order chi connectivity index (χ1) is 11.7. The number of hydrogen-bond acceptors (Lipinski definition) is 7. The van der Waals surface area contributed by atoms with Crippen LogP contribution in [0.4, 0.5) is 5.95 Å². The third kappa shape index (κ3) is 3.74. The van der Waals surface area contributed by atoms with Gasteiger partial charge in [0.15, 0.2) is 0 Å². The molecule has 1 atom stereocenters. The minimum absolute atomic E-state index is 0.121. The number of rotatable bonds is 6. The van der Waals surface area contributed by atoms with Gasteiger partial charge in [-0.3, -0.25) is 9.97 Å². The lowest BCUT2D eigenvalue weighted by Gasteiger charge is -2.14. The van der Waals surface area contributed by atoms with Gasteiger partial charge in [0, 0.05) is 42.2 Å². The van der Waals surface area contributed by atoms with Crippen LogP contribution in [0.5, 0.6) is 0 Å². The molecule has 3 rings (SSSR count). The van der Waals surface area contributed by atoms with Gasteiger partial charge in [0.05, 0.1) is 29.1 Å². The van der Waals surface area contributed by atoms with E-state index in [2.05, 4.69) is 39.3 Å². The van der Waals surface area contributed by atoms with E-state index in [0.29, 0.717) is 12.6 Å². The van der Waals surface area contributed by atoms with Crippen LogP contribution in [0.1, 0.15) is 11.8 Å². The van der Waals surface area contributed by atoms with E-state index in [-0.39, 0.29) is 6.04 Å². The minimum Gasteiger partial charge on any atom is -0.383 e. The zero-order chi connectivity index (χ0) is 16.9. The predicted molar refractivity (Wildman–Crippen MR) is 96.1 cm³/mol. The standard InChI is InChI=1S/C17H19N5OS/c1-11(10-23-3)21-17-20-8-13(14-9-18-6-7-19-14)16(22-17)15-5-4-12(2)24-15/h4-9,11H,10H2,1-3H3,(H,20,21,22)/t11-/m0/s1. The van der Waals surface area contributed by atoms with Gasteiger partial charge in [0.25, 0.3) is 0 Å².